The van der Waals surface area contributed by atoms with E-state index in [-0.39, 0.29) is 24.7 Å². The smallest absolute Gasteiger partial charge is 0.378 e. The quantitative estimate of drug-likeness (QED) is 0.401. The van der Waals surface area contributed by atoms with Crippen LogP contribution in [0.25, 0.3) is 0 Å². The van der Waals surface area contributed by atoms with Gasteiger partial charge in [0.25, 0.3) is 0 Å². The zero-order chi connectivity index (χ0) is 16.9. The van der Waals surface area contributed by atoms with Crippen LogP contribution in [0.4, 0.5) is 0 Å². The maximum absolute atomic E-state index is 11.8. The first-order chi connectivity index (χ1) is 10.2. The molecule has 0 spiro atoms. The van der Waals surface area contributed by atoms with E-state index in [0.717, 1.165) is 0 Å². The molecule has 128 valence electrons. The Kier molecular flexibility index (Phi) is 6.61. The molecule has 1 aliphatic heterocycles. The Morgan fingerprint density at radius 3 is 2.45 bits per heavy atom. The van der Waals surface area contributed by atoms with Crippen LogP contribution in [0.3, 0.4) is 0 Å². The molecule has 0 radical (unpaired) electrons. The highest BCUT2D eigenvalue weighted by Gasteiger charge is 2.42. The lowest BCUT2D eigenvalue weighted by Crippen LogP contribution is -2.34. The maximum atomic E-state index is 11.8. The van der Waals surface area contributed by atoms with Gasteiger partial charge in [-0.2, -0.15) is 0 Å². The number of cyclic esters (lactones) is 1. The van der Waals surface area contributed by atoms with Crippen molar-refractivity contribution in [3.63, 3.8) is 0 Å². The van der Waals surface area contributed by atoms with Crippen molar-refractivity contribution in [2.75, 3.05) is 19.8 Å². The Morgan fingerprint density at radius 1 is 1.32 bits per heavy atom. The summed E-state index contributed by atoms with van der Waals surface area (Å²) in [7, 11) is 0. The number of carbonyl (C=O) groups excluding carboxylic acids is 1. The lowest BCUT2D eigenvalue weighted by molar-refractivity contribution is -0.149. The lowest BCUT2D eigenvalue weighted by atomic mass is 10.1. The van der Waals surface area contributed by atoms with Gasteiger partial charge in [-0.15, -0.1) is 0 Å². The van der Waals surface area contributed by atoms with Crippen LogP contribution < -0.4 is 0 Å². The van der Waals surface area contributed by atoms with Crippen molar-refractivity contribution in [2.24, 2.45) is 0 Å². The molecule has 1 aliphatic rings. The average molecular weight is 320 g/mol. The Labute approximate surface area is 128 Å². The number of carbonyl (C=O) groups is 1. The fraction of sp³-hybridized carbons (Fsp3) is 0.786. The molecule has 0 aromatic heterocycles. The van der Waals surface area contributed by atoms with Gasteiger partial charge in [-0.1, -0.05) is 6.92 Å². The van der Waals surface area contributed by atoms with Crippen LogP contribution in [-0.4, -0.2) is 70.1 Å². The third-order valence-electron chi connectivity index (χ3n) is 2.91. The molecule has 4 N–H and O–H groups in total. The summed E-state index contributed by atoms with van der Waals surface area (Å²) in [6, 6.07) is 0. The maximum Gasteiger partial charge on any atom is 0.378 e. The first kappa shape index (κ1) is 18.7. The van der Waals surface area contributed by atoms with E-state index in [4.69, 9.17) is 19.3 Å². The third-order valence-corrected chi connectivity index (χ3v) is 2.91. The van der Waals surface area contributed by atoms with Gasteiger partial charge in [0.15, 0.2) is 11.9 Å². The van der Waals surface area contributed by atoms with Gasteiger partial charge in [0.1, 0.15) is 19.3 Å². The van der Waals surface area contributed by atoms with Crippen molar-refractivity contribution in [1.82, 2.24) is 0 Å². The molecule has 1 unspecified atom stereocenters. The standard InChI is InChI=1S/C14H24O8/c1-4-8(16)6-20-12-11(21-7-14(2,3)19)10(9(17)5-15)22-13(12)18/h8-10,15-17,19H,4-7H2,1-3H3/t8?,9-,10+/m0/s1. The zero-order valence-electron chi connectivity index (χ0n) is 13.0. The number of esters is 1. The predicted octanol–water partition coefficient (Wildman–Crippen LogP) is -0.948. The highest BCUT2D eigenvalue weighted by molar-refractivity contribution is 5.89. The second-order valence-corrected chi connectivity index (χ2v) is 5.74. The molecule has 0 bridgehead atoms. The second-order valence-electron chi connectivity index (χ2n) is 5.74. The zero-order valence-corrected chi connectivity index (χ0v) is 13.0. The highest BCUT2D eigenvalue weighted by atomic mass is 16.6. The number of hydrogen-bond acceptors (Lipinski definition) is 8. The van der Waals surface area contributed by atoms with Crippen LogP contribution in [0.5, 0.6) is 0 Å². The van der Waals surface area contributed by atoms with Crippen molar-refractivity contribution in [2.45, 2.75) is 51.1 Å². The fourth-order valence-corrected chi connectivity index (χ4v) is 1.63. The number of hydrogen-bond donors (Lipinski definition) is 4. The minimum atomic E-state index is -1.38. The van der Waals surface area contributed by atoms with Gasteiger partial charge in [0.05, 0.1) is 18.3 Å². The van der Waals surface area contributed by atoms with Crippen LogP contribution in [0, 0.1) is 0 Å². The Morgan fingerprint density at radius 2 is 1.95 bits per heavy atom. The summed E-state index contributed by atoms with van der Waals surface area (Å²) in [5.41, 5.74) is -1.18. The van der Waals surface area contributed by atoms with Crippen molar-refractivity contribution in [1.29, 1.82) is 0 Å². The van der Waals surface area contributed by atoms with Crippen LogP contribution >= 0.6 is 0 Å². The van der Waals surface area contributed by atoms with Crippen molar-refractivity contribution in [3.8, 4) is 0 Å². The van der Waals surface area contributed by atoms with Crippen LogP contribution in [-0.2, 0) is 19.0 Å². The van der Waals surface area contributed by atoms with Gasteiger partial charge in [0, 0.05) is 0 Å². The van der Waals surface area contributed by atoms with E-state index in [0.29, 0.717) is 6.42 Å². The molecule has 0 aliphatic carbocycles. The van der Waals surface area contributed by atoms with Crippen LogP contribution in [0.2, 0.25) is 0 Å². The molecule has 1 heterocycles. The van der Waals surface area contributed by atoms with Gasteiger partial charge >= 0.3 is 5.97 Å². The predicted molar refractivity (Wildman–Crippen MR) is 74.5 cm³/mol. The van der Waals surface area contributed by atoms with E-state index in [2.05, 4.69) is 0 Å². The SMILES string of the molecule is CCC(O)COC1=C(OCC(C)(C)O)[C@@H]([C@@H](O)CO)OC1=O. The lowest BCUT2D eigenvalue weighted by Gasteiger charge is -2.22. The molecule has 0 aromatic carbocycles. The summed E-state index contributed by atoms with van der Waals surface area (Å²) in [5, 5.41) is 37.9. The Balaban J connectivity index is 2.94. The summed E-state index contributed by atoms with van der Waals surface area (Å²) in [4.78, 5) is 11.8. The molecule has 0 amide bonds. The van der Waals surface area contributed by atoms with E-state index in [9.17, 15) is 20.1 Å². The molecule has 0 aromatic rings. The molecule has 0 fully saturated rings. The minimum Gasteiger partial charge on any atom is -0.487 e. The topological polar surface area (TPSA) is 126 Å². The molecule has 1 rings (SSSR count). The van der Waals surface area contributed by atoms with Crippen molar-refractivity contribution >= 4 is 5.97 Å². The number of ether oxygens (including phenoxy) is 3. The largest absolute Gasteiger partial charge is 0.487 e. The van der Waals surface area contributed by atoms with Gasteiger partial charge < -0.3 is 34.6 Å². The average Bonchev–Trinajstić information content (AvgIpc) is 2.77. The monoisotopic (exact) mass is 320 g/mol. The van der Waals surface area contributed by atoms with E-state index in [1.165, 1.54) is 13.8 Å². The van der Waals surface area contributed by atoms with Gasteiger partial charge in [-0.25, -0.2) is 4.79 Å². The van der Waals surface area contributed by atoms with Crippen LogP contribution in [0.15, 0.2) is 11.5 Å². The number of aliphatic hydroxyl groups excluding tert-OH is 3. The third kappa shape index (κ3) is 5.13. The number of rotatable bonds is 9. The molecule has 3 atom stereocenters. The summed E-state index contributed by atoms with van der Waals surface area (Å²) in [6.07, 6.45) is -2.92. The van der Waals surface area contributed by atoms with Gasteiger partial charge in [-0.3, -0.25) is 0 Å². The van der Waals surface area contributed by atoms with E-state index < -0.39 is 36.5 Å². The molecule has 0 saturated heterocycles. The molecule has 8 heteroatoms. The Bertz CT molecular complexity index is 412. The van der Waals surface area contributed by atoms with Crippen molar-refractivity contribution in [3.05, 3.63) is 11.5 Å². The molecular formula is C14H24O8. The molecule has 8 nitrogen and oxygen atoms in total. The first-order valence-corrected chi connectivity index (χ1v) is 7.09. The summed E-state index contributed by atoms with van der Waals surface area (Å²) < 4.78 is 15.5. The van der Waals surface area contributed by atoms with Crippen LogP contribution in [0.1, 0.15) is 27.2 Å². The summed E-state index contributed by atoms with van der Waals surface area (Å²) in [5.74, 6) is -1.22. The summed E-state index contributed by atoms with van der Waals surface area (Å²) >= 11 is 0. The molecular weight excluding hydrogens is 296 g/mol. The number of aliphatic hydroxyl groups is 4. The molecule has 0 saturated carbocycles. The van der Waals surface area contributed by atoms with E-state index in [1.807, 2.05) is 0 Å². The van der Waals surface area contributed by atoms with E-state index in [1.54, 1.807) is 6.92 Å². The molecule has 22 heavy (non-hydrogen) atoms. The first-order valence-electron chi connectivity index (χ1n) is 7.09. The van der Waals surface area contributed by atoms with Crippen molar-refractivity contribution < 1.29 is 39.4 Å². The normalized spacial score (nSPS) is 21.6. The fourth-order valence-electron chi connectivity index (χ4n) is 1.63. The summed E-state index contributed by atoms with van der Waals surface area (Å²) in [6.45, 7) is 3.81. The van der Waals surface area contributed by atoms with Gasteiger partial charge in [-0.05, 0) is 20.3 Å². The second kappa shape index (κ2) is 7.77. The van der Waals surface area contributed by atoms with E-state index >= 15 is 0 Å². The highest BCUT2D eigenvalue weighted by Crippen LogP contribution is 2.28. The minimum absolute atomic E-state index is 0.100. The van der Waals surface area contributed by atoms with Gasteiger partial charge in [0.2, 0.25) is 5.76 Å². The Hall–Kier alpha value is -1.35.